The number of aliphatic hydroxyl groups is 1. The smallest absolute Gasteiger partial charge is 0.251 e. The molecule has 1 aromatic carbocycles. The van der Waals surface area contributed by atoms with Crippen molar-refractivity contribution >= 4 is 11.6 Å². The lowest BCUT2D eigenvalue weighted by Crippen LogP contribution is -2.27. The molecule has 1 saturated carbocycles. The van der Waals surface area contributed by atoms with Gasteiger partial charge in [-0.05, 0) is 37.1 Å². The van der Waals surface area contributed by atoms with Crippen molar-refractivity contribution in [2.45, 2.75) is 32.7 Å². The van der Waals surface area contributed by atoms with Gasteiger partial charge in [0, 0.05) is 35.9 Å². The molecule has 4 heteroatoms. The average molecular weight is 262 g/mol. The molecule has 0 aromatic heterocycles. The van der Waals surface area contributed by atoms with Crippen LogP contribution in [0.1, 0.15) is 37.0 Å². The molecule has 1 amide bonds. The summed E-state index contributed by atoms with van der Waals surface area (Å²) in [5.74, 6) is 0.00439. The molecule has 19 heavy (non-hydrogen) atoms. The first-order valence-corrected chi connectivity index (χ1v) is 6.76. The number of rotatable bonds is 6. The minimum absolute atomic E-state index is 0.00439. The predicted molar refractivity (Wildman–Crippen MR) is 76.3 cm³/mol. The highest BCUT2D eigenvalue weighted by Gasteiger charge is 2.23. The minimum atomic E-state index is -0.151. The van der Waals surface area contributed by atoms with Crippen molar-refractivity contribution < 1.29 is 9.90 Å². The largest absolute Gasteiger partial charge is 0.396 e. The Morgan fingerprint density at radius 3 is 2.47 bits per heavy atom. The van der Waals surface area contributed by atoms with Gasteiger partial charge in [-0.25, -0.2) is 0 Å². The quantitative estimate of drug-likeness (QED) is 0.735. The van der Waals surface area contributed by atoms with Crippen LogP contribution in [-0.4, -0.2) is 30.2 Å². The van der Waals surface area contributed by atoms with Crippen molar-refractivity contribution in [2.24, 2.45) is 5.41 Å². The number of hydrogen-bond acceptors (Lipinski definition) is 3. The average Bonchev–Trinajstić information content (AvgIpc) is 3.21. The van der Waals surface area contributed by atoms with Gasteiger partial charge in [0.15, 0.2) is 0 Å². The highest BCUT2D eigenvalue weighted by Crippen LogP contribution is 2.20. The highest BCUT2D eigenvalue weighted by atomic mass is 16.3. The fourth-order valence-corrected chi connectivity index (χ4v) is 1.63. The number of aliphatic hydroxyl groups excluding tert-OH is 1. The Kier molecular flexibility index (Phi) is 4.10. The lowest BCUT2D eigenvalue weighted by molar-refractivity contribution is 0.0951. The van der Waals surface area contributed by atoms with Crippen LogP contribution in [0.5, 0.6) is 0 Å². The normalized spacial score (nSPS) is 15.1. The van der Waals surface area contributed by atoms with Crippen molar-refractivity contribution in [2.75, 3.05) is 18.5 Å². The second kappa shape index (κ2) is 5.61. The minimum Gasteiger partial charge on any atom is -0.396 e. The molecule has 3 N–H and O–H groups in total. The molecule has 0 saturated heterocycles. The standard InChI is InChI=1S/C15H22N2O2/c1-15(2,10-18)9-16-12-5-3-11(4-6-12)14(19)17-13-7-8-13/h3-6,13,16,18H,7-10H2,1-2H3,(H,17,19). The molecule has 4 nitrogen and oxygen atoms in total. The van der Waals surface area contributed by atoms with Crippen LogP contribution >= 0.6 is 0 Å². The molecule has 0 radical (unpaired) electrons. The van der Waals surface area contributed by atoms with Crippen LogP contribution in [0.3, 0.4) is 0 Å². The molecular formula is C15H22N2O2. The Hall–Kier alpha value is -1.55. The van der Waals surface area contributed by atoms with Gasteiger partial charge in [-0.15, -0.1) is 0 Å². The van der Waals surface area contributed by atoms with Crippen molar-refractivity contribution in [3.63, 3.8) is 0 Å². The molecule has 1 aromatic rings. The maximum Gasteiger partial charge on any atom is 0.251 e. The zero-order valence-corrected chi connectivity index (χ0v) is 11.6. The van der Waals surface area contributed by atoms with E-state index in [4.69, 9.17) is 0 Å². The summed E-state index contributed by atoms with van der Waals surface area (Å²) < 4.78 is 0. The third-order valence-corrected chi connectivity index (χ3v) is 3.26. The van der Waals surface area contributed by atoms with E-state index in [1.54, 1.807) is 0 Å². The summed E-state index contributed by atoms with van der Waals surface area (Å²) in [6, 6.07) is 7.83. The van der Waals surface area contributed by atoms with Crippen molar-refractivity contribution in [3.8, 4) is 0 Å². The number of anilines is 1. The van der Waals surface area contributed by atoms with Crippen LogP contribution in [0.15, 0.2) is 24.3 Å². The molecule has 2 rings (SSSR count). The third kappa shape index (κ3) is 4.24. The number of hydrogen-bond donors (Lipinski definition) is 3. The van der Waals surface area contributed by atoms with Crippen LogP contribution < -0.4 is 10.6 Å². The summed E-state index contributed by atoms with van der Waals surface area (Å²) in [5, 5.41) is 15.4. The molecular weight excluding hydrogens is 240 g/mol. The maximum absolute atomic E-state index is 11.8. The number of carbonyl (C=O) groups is 1. The van der Waals surface area contributed by atoms with Crippen molar-refractivity contribution in [1.29, 1.82) is 0 Å². The summed E-state index contributed by atoms with van der Waals surface area (Å²) in [4.78, 5) is 11.8. The van der Waals surface area contributed by atoms with Gasteiger partial charge in [-0.2, -0.15) is 0 Å². The van der Waals surface area contributed by atoms with Crippen LogP contribution in [-0.2, 0) is 0 Å². The Bertz CT molecular complexity index is 436. The van der Waals surface area contributed by atoms with Gasteiger partial charge < -0.3 is 15.7 Å². The van der Waals surface area contributed by atoms with E-state index < -0.39 is 0 Å². The van der Waals surface area contributed by atoms with Crippen LogP contribution in [0.2, 0.25) is 0 Å². The molecule has 1 fully saturated rings. The van der Waals surface area contributed by atoms with Gasteiger partial charge in [0.1, 0.15) is 0 Å². The lowest BCUT2D eigenvalue weighted by Gasteiger charge is -2.22. The Labute approximate surface area is 114 Å². The fraction of sp³-hybridized carbons (Fsp3) is 0.533. The van der Waals surface area contributed by atoms with E-state index in [9.17, 15) is 9.90 Å². The van der Waals surface area contributed by atoms with E-state index in [1.165, 1.54) is 0 Å². The fourth-order valence-electron chi connectivity index (χ4n) is 1.63. The number of amides is 1. The Balaban J connectivity index is 1.88. The highest BCUT2D eigenvalue weighted by molar-refractivity contribution is 5.94. The molecule has 1 aliphatic carbocycles. The van der Waals surface area contributed by atoms with E-state index >= 15 is 0 Å². The van der Waals surface area contributed by atoms with Crippen LogP contribution in [0.4, 0.5) is 5.69 Å². The number of nitrogens with one attached hydrogen (secondary N) is 2. The Morgan fingerprint density at radius 2 is 1.95 bits per heavy atom. The Morgan fingerprint density at radius 1 is 1.32 bits per heavy atom. The van der Waals surface area contributed by atoms with Gasteiger partial charge in [-0.1, -0.05) is 13.8 Å². The lowest BCUT2D eigenvalue weighted by atomic mass is 9.95. The maximum atomic E-state index is 11.8. The first-order valence-electron chi connectivity index (χ1n) is 6.76. The van der Waals surface area contributed by atoms with Crippen LogP contribution in [0, 0.1) is 5.41 Å². The molecule has 104 valence electrons. The first-order chi connectivity index (χ1) is 9.00. The number of benzene rings is 1. The zero-order chi connectivity index (χ0) is 13.9. The summed E-state index contributed by atoms with van der Waals surface area (Å²) in [6.07, 6.45) is 2.20. The molecule has 0 spiro atoms. The predicted octanol–water partition coefficient (Wildman–Crippen LogP) is 2.01. The van der Waals surface area contributed by atoms with Crippen molar-refractivity contribution in [1.82, 2.24) is 5.32 Å². The van der Waals surface area contributed by atoms with E-state index in [0.29, 0.717) is 18.2 Å². The summed E-state index contributed by atoms with van der Waals surface area (Å²) in [7, 11) is 0. The van der Waals surface area contributed by atoms with E-state index in [-0.39, 0.29) is 17.9 Å². The second-order valence-electron chi connectivity index (χ2n) is 6.00. The van der Waals surface area contributed by atoms with Gasteiger partial charge >= 0.3 is 0 Å². The van der Waals surface area contributed by atoms with Crippen molar-refractivity contribution in [3.05, 3.63) is 29.8 Å². The van der Waals surface area contributed by atoms with Gasteiger partial charge in [0.05, 0.1) is 0 Å². The van der Waals surface area contributed by atoms with Gasteiger partial charge in [-0.3, -0.25) is 4.79 Å². The van der Waals surface area contributed by atoms with E-state index in [0.717, 1.165) is 18.5 Å². The molecule has 0 atom stereocenters. The summed E-state index contributed by atoms with van der Waals surface area (Å²) in [5.41, 5.74) is 1.51. The molecule has 0 bridgehead atoms. The summed E-state index contributed by atoms with van der Waals surface area (Å²) >= 11 is 0. The second-order valence-corrected chi connectivity index (χ2v) is 6.00. The molecule has 1 aliphatic rings. The molecule has 0 heterocycles. The van der Waals surface area contributed by atoms with Gasteiger partial charge in [0.2, 0.25) is 0 Å². The SMILES string of the molecule is CC(C)(CO)CNc1ccc(C(=O)NC2CC2)cc1. The molecule has 0 unspecified atom stereocenters. The monoisotopic (exact) mass is 262 g/mol. The number of carbonyl (C=O) groups excluding carboxylic acids is 1. The first kappa shape index (κ1) is 13.9. The topological polar surface area (TPSA) is 61.4 Å². The third-order valence-electron chi connectivity index (χ3n) is 3.26. The van der Waals surface area contributed by atoms with E-state index in [2.05, 4.69) is 10.6 Å². The summed E-state index contributed by atoms with van der Waals surface area (Å²) in [6.45, 7) is 4.83. The van der Waals surface area contributed by atoms with E-state index in [1.807, 2.05) is 38.1 Å². The van der Waals surface area contributed by atoms with Gasteiger partial charge in [0.25, 0.3) is 5.91 Å². The zero-order valence-electron chi connectivity index (χ0n) is 11.6. The van der Waals surface area contributed by atoms with Crippen LogP contribution in [0.25, 0.3) is 0 Å². The molecule has 0 aliphatic heterocycles.